The van der Waals surface area contributed by atoms with Gasteiger partial charge in [-0.2, -0.15) is 5.26 Å². The second-order valence-corrected chi connectivity index (χ2v) is 6.16. The van der Waals surface area contributed by atoms with Crippen LogP contribution in [0, 0.1) is 11.3 Å². The van der Waals surface area contributed by atoms with Gasteiger partial charge in [-0.15, -0.1) is 0 Å². The molecule has 0 atom stereocenters. The van der Waals surface area contributed by atoms with Gasteiger partial charge in [-0.25, -0.2) is 0 Å². The molecule has 0 saturated carbocycles. The van der Waals surface area contributed by atoms with Crippen molar-refractivity contribution in [2.24, 2.45) is 0 Å². The van der Waals surface area contributed by atoms with Gasteiger partial charge in [0.25, 0.3) is 5.91 Å². The third-order valence-corrected chi connectivity index (χ3v) is 4.15. The first-order chi connectivity index (χ1) is 13.1. The summed E-state index contributed by atoms with van der Waals surface area (Å²) in [6.07, 6.45) is 0. The van der Waals surface area contributed by atoms with Crippen LogP contribution in [-0.4, -0.2) is 49.6 Å². The number of hydrogen-bond acceptors (Lipinski definition) is 5. The molecule has 2 amide bonds. The van der Waals surface area contributed by atoms with Gasteiger partial charge in [0.05, 0.1) is 31.4 Å². The largest absolute Gasteiger partial charge is 0.379 e. The zero-order valence-corrected chi connectivity index (χ0v) is 14.8. The lowest BCUT2D eigenvalue weighted by Crippen LogP contribution is -2.41. The highest BCUT2D eigenvalue weighted by atomic mass is 16.5. The van der Waals surface area contributed by atoms with E-state index < -0.39 is 0 Å². The molecule has 3 rings (SSSR count). The molecule has 1 aliphatic heterocycles. The van der Waals surface area contributed by atoms with E-state index in [-0.39, 0.29) is 11.8 Å². The molecule has 0 aromatic heterocycles. The minimum absolute atomic E-state index is 0.0815. The molecule has 2 aromatic rings. The van der Waals surface area contributed by atoms with Gasteiger partial charge < -0.3 is 15.4 Å². The van der Waals surface area contributed by atoms with Crippen LogP contribution in [0.1, 0.15) is 15.9 Å². The summed E-state index contributed by atoms with van der Waals surface area (Å²) in [6.45, 7) is 3.14. The minimum Gasteiger partial charge on any atom is -0.379 e. The number of nitriles is 1. The Bertz CT molecular complexity index is 852. The van der Waals surface area contributed by atoms with Crippen LogP contribution >= 0.6 is 0 Å². The number of ether oxygens (including phenoxy) is 1. The lowest BCUT2D eigenvalue weighted by atomic mass is 10.1. The minimum atomic E-state index is -0.295. The van der Waals surface area contributed by atoms with Crippen molar-refractivity contribution in [3.05, 3.63) is 59.7 Å². The first kappa shape index (κ1) is 18.6. The van der Waals surface area contributed by atoms with Crippen LogP contribution in [0.15, 0.2) is 48.5 Å². The molecule has 7 nitrogen and oxygen atoms in total. The van der Waals surface area contributed by atoms with Gasteiger partial charge in [-0.3, -0.25) is 14.5 Å². The van der Waals surface area contributed by atoms with Crippen LogP contribution < -0.4 is 10.6 Å². The Labute approximate surface area is 157 Å². The Morgan fingerprint density at radius 1 is 1.04 bits per heavy atom. The number of anilines is 2. The molecule has 0 spiro atoms. The van der Waals surface area contributed by atoms with Gasteiger partial charge in [0.2, 0.25) is 5.91 Å². The van der Waals surface area contributed by atoms with Crippen molar-refractivity contribution >= 4 is 23.2 Å². The van der Waals surface area contributed by atoms with E-state index in [1.165, 1.54) is 6.07 Å². The summed E-state index contributed by atoms with van der Waals surface area (Å²) in [5.41, 5.74) is 2.11. The molecule has 1 heterocycles. The topological polar surface area (TPSA) is 94.5 Å². The van der Waals surface area contributed by atoms with Gasteiger partial charge in [-0.1, -0.05) is 6.07 Å². The number of carbonyl (C=O) groups excluding carboxylic acids is 2. The van der Waals surface area contributed by atoms with Crippen LogP contribution in [0.2, 0.25) is 0 Å². The SMILES string of the molecule is N#Cc1cccc(C(=O)Nc2ccc(NC(=O)CN3CCOCC3)cc2)c1. The van der Waals surface area contributed by atoms with Crippen molar-refractivity contribution in [2.75, 3.05) is 43.5 Å². The van der Waals surface area contributed by atoms with Gasteiger partial charge in [0, 0.05) is 30.0 Å². The van der Waals surface area contributed by atoms with Gasteiger partial charge in [0.15, 0.2) is 0 Å². The number of morpholine rings is 1. The van der Waals surface area contributed by atoms with Gasteiger partial charge >= 0.3 is 0 Å². The van der Waals surface area contributed by atoms with Crippen molar-refractivity contribution in [1.29, 1.82) is 5.26 Å². The molecular formula is C20H20N4O3. The smallest absolute Gasteiger partial charge is 0.255 e. The van der Waals surface area contributed by atoms with E-state index in [2.05, 4.69) is 10.6 Å². The summed E-state index contributed by atoms with van der Waals surface area (Å²) in [7, 11) is 0. The molecule has 0 bridgehead atoms. The maximum atomic E-state index is 12.3. The Morgan fingerprint density at radius 3 is 2.37 bits per heavy atom. The summed E-state index contributed by atoms with van der Waals surface area (Å²) in [6, 6.07) is 15.4. The first-order valence-corrected chi connectivity index (χ1v) is 8.65. The number of benzene rings is 2. The van der Waals surface area contributed by atoms with E-state index in [0.29, 0.717) is 42.3 Å². The summed E-state index contributed by atoms with van der Waals surface area (Å²) < 4.78 is 5.27. The molecule has 2 aromatic carbocycles. The van der Waals surface area contributed by atoms with Crippen LogP contribution in [-0.2, 0) is 9.53 Å². The van der Waals surface area contributed by atoms with Crippen molar-refractivity contribution in [3.63, 3.8) is 0 Å². The van der Waals surface area contributed by atoms with Crippen molar-refractivity contribution in [3.8, 4) is 6.07 Å². The highest BCUT2D eigenvalue weighted by Crippen LogP contribution is 2.15. The summed E-state index contributed by atoms with van der Waals surface area (Å²) >= 11 is 0. The first-order valence-electron chi connectivity index (χ1n) is 8.65. The predicted molar refractivity (Wildman–Crippen MR) is 101 cm³/mol. The van der Waals surface area contributed by atoms with Crippen molar-refractivity contribution in [1.82, 2.24) is 4.90 Å². The molecular weight excluding hydrogens is 344 g/mol. The molecule has 1 aliphatic rings. The van der Waals surface area contributed by atoms with Crippen LogP contribution in [0.5, 0.6) is 0 Å². The average molecular weight is 364 g/mol. The molecule has 27 heavy (non-hydrogen) atoms. The molecule has 0 aliphatic carbocycles. The monoisotopic (exact) mass is 364 g/mol. The van der Waals surface area contributed by atoms with Crippen LogP contribution in [0.4, 0.5) is 11.4 Å². The van der Waals surface area contributed by atoms with Gasteiger partial charge in [0.1, 0.15) is 0 Å². The second-order valence-electron chi connectivity index (χ2n) is 6.16. The van der Waals surface area contributed by atoms with E-state index in [9.17, 15) is 9.59 Å². The Morgan fingerprint density at radius 2 is 1.70 bits per heavy atom. The van der Waals surface area contributed by atoms with E-state index in [1.807, 2.05) is 11.0 Å². The van der Waals surface area contributed by atoms with Gasteiger partial charge in [-0.05, 0) is 42.5 Å². The average Bonchev–Trinajstić information content (AvgIpc) is 2.70. The molecule has 138 valence electrons. The quantitative estimate of drug-likeness (QED) is 0.847. The summed E-state index contributed by atoms with van der Waals surface area (Å²) in [5, 5.41) is 14.5. The Balaban J connectivity index is 1.54. The molecule has 0 radical (unpaired) electrons. The highest BCUT2D eigenvalue weighted by Gasteiger charge is 2.14. The Kier molecular flexibility index (Phi) is 6.15. The summed E-state index contributed by atoms with van der Waals surface area (Å²) in [4.78, 5) is 26.4. The number of nitrogens with one attached hydrogen (secondary N) is 2. The van der Waals surface area contributed by atoms with Crippen LogP contribution in [0.25, 0.3) is 0 Å². The van der Waals surface area contributed by atoms with E-state index in [0.717, 1.165) is 13.1 Å². The number of nitrogens with zero attached hydrogens (tertiary/aromatic N) is 2. The fourth-order valence-electron chi connectivity index (χ4n) is 2.73. The maximum absolute atomic E-state index is 12.3. The predicted octanol–water partition coefficient (Wildman–Crippen LogP) is 2.08. The number of hydrogen-bond donors (Lipinski definition) is 2. The van der Waals surface area contributed by atoms with Crippen LogP contribution in [0.3, 0.4) is 0 Å². The third-order valence-electron chi connectivity index (χ3n) is 4.15. The fraction of sp³-hybridized carbons (Fsp3) is 0.250. The zero-order valence-electron chi connectivity index (χ0n) is 14.8. The number of rotatable bonds is 5. The zero-order chi connectivity index (χ0) is 19.1. The molecule has 0 unspecified atom stereocenters. The second kappa shape index (κ2) is 8.94. The lowest BCUT2D eigenvalue weighted by Gasteiger charge is -2.25. The maximum Gasteiger partial charge on any atom is 0.255 e. The van der Waals surface area contributed by atoms with E-state index >= 15 is 0 Å². The van der Waals surface area contributed by atoms with E-state index in [4.69, 9.17) is 10.00 Å². The number of carbonyl (C=O) groups is 2. The summed E-state index contributed by atoms with van der Waals surface area (Å²) in [5.74, 6) is -0.377. The standard InChI is InChI=1S/C20H20N4O3/c21-13-15-2-1-3-16(12-15)20(26)23-18-6-4-17(5-7-18)22-19(25)14-24-8-10-27-11-9-24/h1-7,12H,8-11,14H2,(H,22,25)(H,23,26). The third kappa shape index (κ3) is 5.38. The normalized spacial score (nSPS) is 14.2. The molecule has 7 heteroatoms. The number of amides is 2. The highest BCUT2D eigenvalue weighted by molar-refractivity contribution is 6.04. The van der Waals surface area contributed by atoms with E-state index in [1.54, 1.807) is 42.5 Å². The molecule has 2 N–H and O–H groups in total. The fourth-order valence-corrected chi connectivity index (χ4v) is 2.73. The molecule has 1 saturated heterocycles. The van der Waals surface area contributed by atoms with Crippen molar-refractivity contribution in [2.45, 2.75) is 0 Å². The lowest BCUT2D eigenvalue weighted by molar-refractivity contribution is -0.118. The Hall–Kier alpha value is -3.21. The molecule has 1 fully saturated rings. The van der Waals surface area contributed by atoms with Crippen molar-refractivity contribution < 1.29 is 14.3 Å².